The third kappa shape index (κ3) is 23.6. The normalized spacial score (nSPS) is 11.5. The molecule has 1 aromatic rings. The van der Waals surface area contributed by atoms with Gasteiger partial charge in [0.15, 0.2) is 0 Å². The number of hydrogen-bond donors (Lipinski definition) is 0. The van der Waals surface area contributed by atoms with Crippen LogP contribution in [0.25, 0.3) is 0 Å². The Bertz CT molecular complexity index is 498. The molecule has 0 aliphatic rings. The Morgan fingerprint density at radius 2 is 0.541 bits per heavy atom. The molecule has 0 aliphatic carbocycles. The van der Waals surface area contributed by atoms with E-state index in [0.29, 0.717) is 14.5 Å². The molecule has 0 N–H and O–H groups in total. The summed E-state index contributed by atoms with van der Waals surface area (Å²) >= 11 is 0.663. The molecule has 0 aliphatic heterocycles. The van der Waals surface area contributed by atoms with Gasteiger partial charge in [-0.05, 0) is 0 Å². The fraction of sp³-hybridized carbons (Fsp3) is 0.889. The van der Waals surface area contributed by atoms with E-state index in [-0.39, 0.29) is 0 Å². The van der Waals surface area contributed by atoms with E-state index >= 15 is 0 Å². The SMILES string of the molecule is CCCCCCCCCCCCCCCCc1c[se]cc1CCCCCCCCCCCCCCCC. The van der Waals surface area contributed by atoms with Gasteiger partial charge < -0.3 is 0 Å². The standard InChI is InChI=1S/C36H68Se/c1-3-5-7-9-11-13-15-17-19-21-23-25-27-29-31-35-33-37-34-36(35)32-30-28-26-24-22-20-18-16-14-12-10-8-6-4-2/h33-34H,3-32H2,1-2H3. The van der Waals surface area contributed by atoms with E-state index in [4.69, 9.17) is 0 Å². The zero-order chi connectivity index (χ0) is 26.5. The average molecular weight is 580 g/mol. The van der Waals surface area contributed by atoms with Crippen LogP contribution in [0, 0.1) is 0 Å². The molecule has 0 saturated heterocycles. The van der Waals surface area contributed by atoms with Crippen molar-refractivity contribution < 1.29 is 0 Å². The summed E-state index contributed by atoms with van der Waals surface area (Å²) in [4.78, 5) is 5.18. The Morgan fingerprint density at radius 1 is 0.324 bits per heavy atom. The molecule has 0 aromatic carbocycles. The second kappa shape index (κ2) is 29.0. The van der Waals surface area contributed by atoms with Gasteiger partial charge in [-0.25, -0.2) is 0 Å². The maximum atomic E-state index is 2.59. The number of rotatable bonds is 30. The molecule has 0 nitrogen and oxygen atoms in total. The first-order chi connectivity index (χ1) is 18.4. The van der Waals surface area contributed by atoms with Crippen molar-refractivity contribution in [3.63, 3.8) is 0 Å². The summed E-state index contributed by atoms with van der Waals surface area (Å²) in [5, 5.41) is 0. The summed E-state index contributed by atoms with van der Waals surface area (Å²) < 4.78 is 0. The molecular formula is C36H68Se. The molecule has 0 radical (unpaired) electrons. The molecular weight excluding hydrogens is 511 g/mol. The fourth-order valence-electron chi connectivity index (χ4n) is 5.81. The van der Waals surface area contributed by atoms with Crippen LogP contribution in [-0.2, 0) is 12.8 Å². The Kier molecular flexibility index (Phi) is 27.4. The first kappa shape index (κ1) is 35.0. The molecule has 1 rings (SSSR count). The Hall–Kier alpha value is -0.000519. The first-order valence-electron chi connectivity index (χ1n) is 17.4. The monoisotopic (exact) mass is 580 g/mol. The zero-order valence-corrected chi connectivity index (χ0v) is 27.5. The topological polar surface area (TPSA) is 0 Å². The van der Waals surface area contributed by atoms with Crippen molar-refractivity contribution in [3.8, 4) is 0 Å². The van der Waals surface area contributed by atoms with Crippen LogP contribution in [0.3, 0.4) is 0 Å². The predicted octanol–water partition coefficient (Wildman–Crippen LogP) is 12.8. The van der Waals surface area contributed by atoms with Crippen LogP contribution in [0.2, 0.25) is 0 Å². The van der Waals surface area contributed by atoms with Crippen LogP contribution in [0.1, 0.15) is 205 Å². The van der Waals surface area contributed by atoms with Crippen molar-refractivity contribution in [3.05, 3.63) is 21.0 Å². The van der Waals surface area contributed by atoms with Gasteiger partial charge in [0.25, 0.3) is 0 Å². The average Bonchev–Trinajstić information content (AvgIpc) is 3.36. The number of hydrogen-bond acceptors (Lipinski definition) is 0. The van der Waals surface area contributed by atoms with Gasteiger partial charge in [0, 0.05) is 0 Å². The van der Waals surface area contributed by atoms with Crippen molar-refractivity contribution in [1.82, 2.24) is 0 Å². The second-order valence-corrected chi connectivity index (χ2v) is 13.7. The third-order valence-corrected chi connectivity index (χ3v) is 10.2. The van der Waals surface area contributed by atoms with E-state index in [1.807, 2.05) is 0 Å². The smallest absolute Gasteiger partial charge is 0.0654 e. The molecule has 1 aromatic heterocycles. The van der Waals surface area contributed by atoms with Crippen molar-refractivity contribution in [2.75, 3.05) is 0 Å². The van der Waals surface area contributed by atoms with E-state index in [9.17, 15) is 0 Å². The molecule has 0 fully saturated rings. The molecule has 37 heavy (non-hydrogen) atoms. The van der Waals surface area contributed by atoms with Crippen molar-refractivity contribution in [2.45, 2.75) is 206 Å². The van der Waals surface area contributed by atoms with Gasteiger partial charge in [-0.1, -0.05) is 78.1 Å². The Balaban J connectivity index is 1.85. The molecule has 218 valence electrons. The van der Waals surface area contributed by atoms with E-state index in [1.54, 1.807) is 11.1 Å². The Labute approximate surface area is 241 Å². The van der Waals surface area contributed by atoms with Crippen LogP contribution < -0.4 is 0 Å². The molecule has 0 saturated carbocycles. The first-order valence-corrected chi connectivity index (χ1v) is 19.4. The van der Waals surface area contributed by atoms with Crippen molar-refractivity contribution in [1.29, 1.82) is 0 Å². The van der Waals surface area contributed by atoms with Gasteiger partial charge in [-0.3, -0.25) is 0 Å². The van der Waals surface area contributed by atoms with Crippen LogP contribution in [0.4, 0.5) is 0 Å². The molecule has 1 heteroatoms. The van der Waals surface area contributed by atoms with Gasteiger partial charge in [-0.15, -0.1) is 0 Å². The quantitative estimate of drug-likeness (QED) is 0.0628. The Morgan fingerprint density at radius 3 is 0.784 bits per heavy atom. The second-order valence-electron chi connectivity index (χ2n) is 12.1. The summed E-state index contributed by atoms with van der Waals surface area (Å²) in [5.74, 6) is 0. The van der Waals surface area contributed by atoms with Crippen molar-refractivity contribution in [2.24, 2.45) is 0 Å². The maximum absolute atomic E-state index is 2.59. The van der Waals surface area contributed by atoms with Gasteiger partial charge in [0.2, 0.25) is 0 Å². The van der Waals surface area contributed by atoms with Crippen molar-refractivity contribution >= 4 is 14.5 Å². The van der Waals surface area contributed by atoms with Crippen LogP contribution in [0.15, 0.2) is 9.88 Å². The molecule has 0 atom stereocenters. The van der Waals surface area contributed by atoms with Gasteiger partial charge in [0.1, 0.15) is 0 Å². The van der Waals surface area contributed by atoms with E-state index in [2.05, 4.69) is 23.7 Å². The summed E-state index contributed by atoms with van der Waals surface area (Å²) in [6.45, 7) is 4.62. The van der Waals surface area contributed by atoms with Crippen LogP contribution in [0.5, 0.6) is 0 Å². The molecule has 1 heterocycles. The summed E-state index contributed by atoms with van der Waals surface area (Å²) in [7, 11) is 0. The molecule has 0 bridgehead atoms. The predicted molar refractivity (Wildman–Crippen MR) is 171 cm³/mol. The minimum atomic E-state index is 0.663. The fourth-order valence-corrected chi connectivity index (χ4v) is 7.77. The number of aryl methyl sites for hydroxylation is 2. The van der Waals surface area contributed by atoms with E-state index < -0.39 is 0 Å². The summed E-state index contributed by atoms with van der Waals surface area (Å²) in [5.41, 5.74) is 3.49. The van der Waals surface area contributed by atoms with Gasteiger partial charge in [0.05, 0.1) is 0 Å². The van der Waals surface area contributed by atoms with Crippen LogP contribution >= 0.6 is 0 Å². The van der Waals surface area contributed by atoms with E-state index in [1.165, 1.54) is 193 Å². The zero-order valence-electron chi connectivity index (χ0n) is 25.8. The van der Waals surface area contributed by atoms with Crippen LogP contribution in [-0.4, -0.2) is 14.5 Å². The minimum Gasteiger partial charge on any atom is -0.0654 e. The molecule has 0 unspecified atom stereocenters. The van der Waals surface area contributed by atoms with Gasteiger partial charge >= 0.3 is 164 Å². The van der Waals surface area contributed by atoms with Gasteiger partial charge in [-0.2, -0.15) is 0 Å². The summed E-state index contributed by atoms with van der Waals surface area (Å²) in [6.07, 6.45) is 43.6. The number of unbranched alkanes of at least 4 members (excludes halogenated alkanes) is 26. The minimum absolute atomic E-state index is 0.663. The summed E-state index contributed by atoms with van der Waals surface area (Å²) in [6, 6.07) is 0. The third-order valence-electron chi connectivity index (χ3n) is 8.43. The molecule has 0 amide bonds. The molecule has 0 spiro atoms. The van der Waals surface area contributed by atoms with E-state index in [0.717, 1.165) is 0 Å².